The highest BCUT2D eigenvalue weighted by Crippen LogP contribution is 2.24. The molecule has 0 saturated heterocycles. The Labute approximate surface area is 106 Å². The third-order valence-electron chi connectivity index (χ3n) is 2.59. The van der Waals surface area contributed by atoms with E-state index in [0.717, 1.165) is 5.01 Å². The lowest BCUT2D eigenvalue weighted by molar-refractivity contribution is -0.135. The number of anilines is 1. The van der Waals surface area contributed by atoms with Gasteiger partial charge in [0.2, 0.25) is 0 Å². The quantitative estimate of drug-likeness (QED) is 0.795. The van der Waals surface area contributed by atoms with Crippen molar-refractivity contribution in [1.82, 2.24) is 19.9 Å². The maximum atomic E-state index is 11.9. The number of imidazole rings is 1. The number of nitrogens with zero attached hydrogens (tertiary/aromatic N) is 5. The van der Waals surface area contributed by atoms with Gasteiger partial charge in [-0.15, -0.1) is 0 Å². The molecule has 0 spiro atoms. The van der Waals surface area contributed by atoms with Gasteiger partial charge in [-0.2, -0.15) is 10.1 Å². The summed E-state index contributed by atoms with van der Waals surface area (Å²) in [5.74, 6) is -1.08. The number of amides is 1. The van der Waals surface area contributed by atoms with Gasteiger partial charge >= 0.3 is 5.97 Å². The Morgan fingerprint density at radius 3 is 3.05 bits per heavy atom. The number of aliphatic carboxylic acids is 1. The average Bonchev–Trinajstić information content (AvgIpc) is 2.94. The van der Waals surface area contributed by atoms with Gasteiger partial charge in [-0.25, -0.2) is 15.0 Å². The van der Waals surface area contributed by atoms with Crippen LogP contribution in [0.4, 0.5) is 5.82 Å². The van der Waals surface area contributed by atoms with Crippen LogP contribution >= 0.6 is 0 Å². The molecule has 2 aromatic rings. The summed E-state index contributed by atoms with van der Waals surface area (Å²) in [6.45, 7) is 0. The lowest BCUT2D eigenvalue weighted by Gasteiger charge is -2.10. The van der Waals surface area contributed by atoms with Crippen LogP contribution in [0.15, 0.2) is 17.8 Å². The number of aromatic amines is 1. The molecule has 9 nitrogen and oxygen atoms in total. The zero-order valence-corrected chi connectivity index (χ0v) is 9.57. The molecule has 9 heteroatoms. The number of hydrogen-bond acceptors (Lipinski definition) is 6. The van der Waals surface area contributed by atoms with Crippen LogP contribution in [-0.4, -0.2) is 42.6 Å². The standard InChI is InChI=1S/C10H8N6O3/c17-6-1-5(2-7(18)19)15-16(6)10-8-9(12-3-11-8)13-4-14-10/h3-4H,1-2H2,(H,18,19)(H,11,12,13,14). The minimum absolute atomic E-state index is 0.0219. The molecule has 3 rings (SSSR count). The molecule has 3 heterocycles. The number of hydrazone groups is 1. The predicted octanol–water partition coefficient (Wildman–Crippen LogP) is -0.0797. The molecule has 2 N–H and O–H groups in total. The van der Waals surface area contributed by atoms with Crippen LogP contribution < -0.4 is 5.01 Å². The molecular formula is C10H8N6O3. The Hall–Kier alpha value is -2.84. The van der Waals surface area contributed by atoms with Crippen molar-refractivity contribution in [3.63, 3.8) is 0 Å². The van der Waals surface area contributed by atoms with E-state index in [0.29, 0.717) is 16.9 Å². The van der Waals surface area contributed by atoms with Crippen LogP contribution in [0.2, 0.25) is 0 Å². The summed E-state index contributed by atoms with van der Waals surface area (Å²) >= 11 is 0. The largest absolute Gasteiger partial charge is 0.481 e. The van der Waals surface area contributed by atoms with Crippen LogP contribution in [0.1, 0.15) is 12.8 Å². The summed E-state index contributed by atoms with van der Waals surface area (Å²) in [6, 6.07) is 0. The molecule has 2 aromatic heterocycles. The summed E-state index contributed by atoms with van der Waals surface area (Å²) < 4.78 is 0. The summed E-state index contributed by atoms with van der Waals surface area (Å²) in [5.41, 5.74) is 1.19. The van der Waals surface area contributed by atoms with Crippen molar-refractivity contribution < 1.29 is 14.7 Å². The maximum absolute atomic E-state index is 11.9. The minimum Gasteiger partial charge on any atom is -0.481 e. The van der Waals surface area contributed by atoms with E-state index in [4.69, 9.17) is 5.11 Å². The van der Waals surface area contributed by atoms with Crippen LogP contribution in [-0.2, 0) is 9.59 Å². The molecule has 0 fully saturated rings. The molecule has 19 heavy (non-hydrogen) atoms. The molecule has 1 aliphatic rings. The molecule has 0 aromatic carbocycles. The highest BCUT2D eigenvalue weighted by Gasteiger charge is 2.29. The first-order valence-electron chi connectivity index (χ1n) is 5.40. The van der Waals surface area contributed by atoms with Gasteiger partial charge in [0.15, 0.2) is 11.5 Å². The van der Waals surface area contributed by atoms with E-state index in [-0.39, 0.29) is 24.6 Å². The van der Waals surface area contributed by atoms with Crippen molar-refractivity contribution in [2.75, 3.05) is 5.01 Å². The molecule has 96 valence electrons. The normalized spacial score (nSPS) is 15.1. The highest BCUT2D eigenvalue weighted by molar-refractivity contribution is 6.17. The zero-order valence-electron chi connectivity index (χ0n) is 9.57. The second kappa shape index (κ2) is 4.12. The molecule has 1 aliphatic heterocycles. The predicted molar refractivity (Wildman–Crippen MR) is 63.5 cm³/mol. The summed E-state index contributed by atoms with van der Waals surface area (Å²) in [4.78, 5) is 37.2. The van der Waals surface area contributed by atoms with Gasteiger partial charge in [0.05, 0.1) is 24.9 Å². The van der Waals surface area contributed by atoms with Crippen molar-refractivity contribution in [3.8, 4) is 0 Å². The number of carbonyl (C=O) groups excluding carboxylic acids is 1. The highest BCUT2D eigenvalue weighted by atomic mass is 16.4. The smallest absolute Gasteiger partial charge is 0.309 e. The number of fused-ring (bicyclic) bond motifs is 1. The first-order chi connectivity index (χ1) is 9.15. The Balaban J connectivity index is 2.02. The molecule has 0 saturated carbocycles. The van der Waals surface area contributed by atoms with Crippen LogP contribution in [0, 0.1) is 0 Å². The van der Waals surface area contributed by atoms with Crippen LogP contribution in [0.5, 0.6) is 0 Å². The Morgan fingerprint density at radius 2 is 2.26 bits per heavy atom. The lowest BCUT2D eigenvalue weighted by Crippen LogP contribution is -2.21. The first kappa shape index (κ1) is 11.3. The number of hydrogen-bond donors (Lipinski definition) is 2. The molecular weight excluding hydrogens is 252 g/mol. The summed E-state index contributed by atoms with van der Waals surface area (Å²) in [7, 11) is 0. The number of carboxylic acid groups (broad SMARTS) is 1. The minimum atomic E-state index is -1.03. The van der Waals surface area contributed by atoms with E-state index >= 15 is 0 Å². The van der Waals surface area contributed by atoms with Gasteiger partial charge in [-0.05, 0) is 0 Å². The van der Waals surface area contributed by atoms with Crippen molar-refractivity contribution in [1.29, 1.82) is 0 Å². The topological polar surface area (TPSA) is 124 Å². The Morgan fingerprint density at radius 1 is 1.42 bits per heavy atom. The van der Waals surface area contributed by atoms with Crippen LogP contribution in [0.3, 0.4) is 0 Å². The maximum Gasteiger partial charge on any atom is 0.309 e. The summed E-state index contributed by atoms with van der Waals surface area (Å²) in [6.07, 6.45) is 2.42. The van der Waals surface area contributed by atoms with Crippen LogP contribution in [0.25, 0.3) is 11.2 Å². The Bertz CT molecular complexity index is 706. The SMILES string of the molecule is O=C(O)CC1=NN(c2ncnc3nc[nH]c23)C(=O)C1. The van der Waals surface area contributed by atoms with Crippen molar-refractivity contribution in [2.45, 2.75) is 12.8 Å². The second-order valence-electron chi connectivity index (χ2n) is 3.92. The molecule has 1 amide bonds. The molecule has 0 radical (unpaired) electrons. The van der Waals surface area contributed by atoms with E-state index in [1.54, 1.807) is 0 Å². The van der Waals surface area contributed by atoms with E-state index in [9.17, 15) is 9.59 Å². The lowest BCUT2D eigenvalue weighted by atomic mass is 10.2. The van der Waals surface area contributed by atoms with Gasteiger partial charge in [0.25, 0.3) is 5.91 Å². The summed E-state index contributed by atoms with van der Waals surface area (Å²) in [5, 5.41) is 13.8. The number of nitrogens with one attached hydrogen (secondary N) is 1. The van der Waals surface area contributed by atoms with E-state index in [2.05, 4.69) is 25.0 Å². The van der Waals surface area contributed by atoms with Gasteiger partial charge in [-0.1, -0.05) is 0 Å². The molecule has 0 aliphatic carbocycles. The van der Waals surface area contributed by atoms with Gasteiger partial charge in [0, 0.05) is 0 Å². The number of carbonyl (C=O) groups is 2. The average molecular weight is 260 g/mol. The first-order valence-corrected chi connectivity index (χ1v) is 5.40. The van der Waals surface area contributed by atoms with E-state index in [1.165, 1.54) is 12.7 Å². The van der Waals surface area contributed by atoms with Gasteiger partial charge in [0.1, 0.15) is 11.8 Å². The van der Waals surface area contributed by atoms with Crippen molar-refractivity contribution >= 4 is 34.6 Å². The van der Waals surface area contributed by atoms with E-state index < -0.39 is 5.97 Å². The molecule has 0 bridgehead atoms. The number of rotatable bonds is 3. The van der Waals surface area contributed by atoms with E-state index in [1.807, 2.05) is 0 Å². The zero-order chi connectivity index (χ0) is 13.4. The number of H-pyrrole nitrogens is 1. The van der Waals surface area contributed by atoms with Crippen molar-refractivity contribution in [3.05, 3.63) is 12.7 Å². The Kier molecular flexibility index (Phi) is 2.44. The fourth-order valence-electron chi connectivity index (χ4n) is 1.83. The second-order valence-corrected chi connectivity index (χ2v) is 3.92. The monoisotopic (exact) mass is 260 g/mol. The molecule has 0 atom stereocenters. The van der Waals surface area contributed by atoms with Crippen molar-refractivity contribution in [2.24, 2.45) is 5.10 Å². The van der Waals surface area contributed by atoms with Gasteiger partial charge in [-0.3, -0.25) is 9.59 Å². The van der Waals surface area contributed by atoms with Gasteiger partial charge < -0.3 is 10.1 Å². The third-order valence-corrected chi connectivity index (χ3v) is 2.59. The fourth-order valence-corrected chi connectivity index (χ4v) is 1.83. The third kappa shape index (κ3) is 1.90. The number of aromatic nitrogens is 4. The number of carboxylic acids is 1. The molecule has 0 unspecified atom stereocenters. The fraction of sp³-hybridized carbons (Fsp3) is 0.200.